The molecule has 0 saturated heterocycles. The fourth-order valence-electron chi connectivity index (χ4n) is 1.41. The zero-order valence-corrected chi connectivity index (χ0v) is 12.6. The van der Waals surface area contributed by atoms with E-state index >= 15 is 0 Å². The van der Waals surface area contributed by atoms with Crippen LogP contribution in [0.5, 0.6) is 0 Å². The number of benzene rings is 1. The van der Waals surface area contributed by atoms with Crippen molar-refractivity contribution in [3.63, 3.8) is 0 Å². The molecule has 0 bridgehead atoms. The Morgan fingerprint density at radius 3 is 2.48 bits per heavy atom. The van der Waals surface area contributed by atoms with Crippen molar-refractivity contribution in [2.45, 2.75) is 11.8 Å². The molecular formula is C10H7Cl2N3O5S. The topological polar surface area (TPSA) is 122 Å². The van der Waals surface area contributed by atoms with Crippen LogP contribution in [-0.2, 0) is 10.0 Å². The SMILES string of the molecule is Cc1nnc(NS(=O)(=O)c2cc(C(=O)O)c(Cl)cc2Cl)o1. The molecule has 2 N–H and O–H groups in total. The van der Waals surface area contributed by atoms with Crippen molar-refractivity contribution in [3.8, 4) is 0 Å². The number of rotatable bonds is 4. The number of aromatic nitrogens is 2. The minimum Gasteiger partial charge on any atom is -0.478 e. The largest absolute Gasteiger partial charge is 0.478 e. The highest BCUT2D eigenvalue weighted by Gasteiger charge is 2.24. The summed E-state index contributed by atoms with van der Waals surface area (Å²) < 4.78 is 31.2. The zero-order valence-electron chi connectivity index (χ0n) is 10.3. The van der Waals surface area contributed by atoms with Crippen LogP contribution in [0.3, 0.4) is 0 Å². The van der Waals surface area contributed by atoms with Gasteiger partial charge < -0.3 is 9.52 Å². The van der Waals surface area contributed by atoms with Crippen LogP contribution < -0.4 is 4.72 Å². The van der Waals surface area contributed by atoms with Gasteiger partial charge in [-0.15, -0.1) is 5.10 Å². The van der Waals surface area contributed by atoms with Crippen LogP contribution >= 0.6 is 23.2 Å². The molecule has 0 unspecified atom stereocenters. The highest BCUT2D eigenvalue weighted by molar-refractivity contribution is 7.92. The molecule has 0 spiro atoms. The molecule has 0 fully saturated rings. The predicted molar refractivity (Wildman–Crippen MR) is 73.3 cm³/mol. The number of carbonyl (C=O) groups is 1. The predicted octanol–water partition coefficient (Wildman–Crippen LogP) is 2.18. The third kappa shape index (κ3) is 3.26. The van der Waals surface area contributed by atoms with Crippen molar-refractivity contribution in [1.82, 2.24) is 10.2 Å². The number of sulfonamides is 1. The lowest BCUT2D eigenvalue weighted by atomic mass is 10.2. The average Bonchev–Trinajstić information content (AvgIpc) is 2.72. The van der Waals surface area contributed by atoms with Crippen LogP contribution in [0.2, 0.25) is 10.0 Å². The van der Waals surface area contributed by atoms with E-state index in [4.69, 9.17) is 32.7 Å². The Bertz CT molecular complexity index is 818. The molecule has 0 amide bonds. The van der Waals surface area contributed by atoms with Gasteiger partial charge in [-0.1, -0.05) is 28.3 Å². The summed E-state index contributed by atoms with van der Waals surface area (Å²) in [5.41, 5.74) is -0.400. The molecule has 11 heteroatoms. The summed E-state index contributed by atoms with van der Waals surface area (Å²) in [7, 11) is -4.20. The molecule has 0 saturated carbocycles. The molecular weight excluding hydrogens is 345 g/mol. The van der Waals surface area contributed by atoms with Crippen molar-refractivity contribution in [1.29, 1.82) is 0 Å². The van der Waals surface area contributed by atoms with E-state index in [-0.39, 0.29) is 22.0 Å². The Morgan fingerprint density at radius 2 is 1.95 bits per heavy atom. The average molecular weight is 352 g/mol. The van der Waals surface area contributed by atoms with Crippen molar-refractivity contribution in [3.05, 3.63) is 33.6 Å². The first kappa shape index (κ1) is 15.5. The second-order valence-electron chi connectivity index (χ2n) is 3.80. The molecule has 0 aliphatic carbocycles. The van der Waals surface area contributed by atoms with E-state index in [2.05, 4.69) is 10.2 Å². The van der Waals surface area contributed by atoms with Crippen molar-refractivity contribution in [2.24, 2.45) is 0 Å². The Labute approximate surface area is 128 Å². The molecule has 0 aliphatic heterocycles. The van der Waals surface area contributed by atoms with Gasteiger partial charge in [0.25, 0.3) is 10.0 Å². The molecule has 0 aliphatic rings. The summed E-state index contributed by atoms with van der Waals surface area (Å²) in [4.78, 5) is 10.5. The normalized spacial score (nSPS) is 11.4. The van der Waals surface area contributed by atoms with E-state index < -0.39 is 26.5 Å². The number of carboxylic acids is 1. The van der Waals surface area contributed by atoms with Gasteiger partial charge in [-0.05, 0) is 12.1 Å². The highest BCUT2D eigenvalue weighted by atomic mass is 35.5. The van der Waals surface area contributed by atoms with Gasteiger partial charge in [0, 0.05) is 6.92 Å². The molecule has 2 aromatic rings. The Balaban J connectivity index is 2.49. The molecule has 0 atom stereocenters. The van der Waals surface area contributed by atoms with E-state index in [9.17, 15) is 13.2 Å². The van der Waals surface area contributed by atoms with Crippen molar-refractivity contribution in [2.75, 3.05) is 4.72 Å². The quantitative estimate of drug-likeness (QED) is 0.865. The Morgan fingerprint density at radius 1 is 1.29 bits per heavy atom. The van der Waals surface area contributed by atoms with Crippen LogP contribution in [0, 0.1) is 6.92 Å². The number of aryl methyl sites for hydroxylation is 1. The first-order chi connectivity index (χ1) is 9.70. The Kier molecular flexibility index (Phi) is 4.08. The van der Waals surface area contributed by atoms with Gasteiger partial charge >= 0.3 is 12.0 Å². The molecule has 8 nitrogen and oxygen atoms in total. The number of hydrogen-bond donors (Lipinski definition) is 2. The first-order valence-corrected chi connectivity index (χ1v) is 7.50. The number of carboxylic acid groups (broad SMARTS) is 1. The lowest BCUT2D eigenvalue weighted by Gasteiger charge is -2.08. The summed E-state index contributed by atoms with van der Waals surface area (Å²) in [5.74, 6) is -1.23. The number of anilines is 1. The van der Waals surface area contributed by atoms with Gasteiger partial charge in [0.1, 0.15) is 4.90 Å². The lowest BCUT2D eigenvalue weighted by molar-refractivity contribution is 0.0697. The van der Waals surface area contributed by atoms with E-state index in [1.807, 2.05) is 4.72 Å². The van der Waals surface area contributed by atoms with Gasteiger partial charge in [-0.3, -0.25) is 0 Å². The second-order valence-corrected chi connectivity index (χ2v) is 6.26. The lowest BCUT2D eigenvalue weighted by Crippen LogP contribution is -2.15. The van der Waals surface area contributed by atoms with E-state index in [1.54, 1.807) is 0 Å². The third-order valence-electron chi connectivity index (χ3n) is 2.29. The number of hydrogen-bond acceptors (Lipinski definition) is 6. The first-order valence-electron chi connectivity index (χ1n) is 5.26. The van der Waals surface area contributed by atoms with E-state index in [0.29, 0.717) is 0 Å². The van der Waals surface area contributed by atoms with Gasteiger partial charge in [-0.25, -0.2) is 17.9 Å². The molecule has 0 radical (unpaired) electrons. The fraction of sp³-hybridized carbons (Fsp3) is 0.100. The van der Waals surface area contributed by atoms with Gasteiger partial charge in [0.15, 0.2) is 0 Å². The van der Waals surface area contributed by atoms with Crippen LogP contribution in [0.4, 0.5) is 6.01 Å². The summed E-state index contributed by atoms with van der Waals surface area (Å²) in [6.07, 6.45) is 0. The maximum absolute atomic E-state index is 12.2. The smallest absolute Gasteiger partial charge is 0.337 e. The highest BCUT2D eigenvalue weighted by Crippen LogP contribution is 2.29. The van der Waals surface area contributed by atoms with Gasteiger partial charge in [-0.2, -0.15) is 0 Å². The van der Waals surface area contributed by atoms with Crippen molar-refractivity contribution >= 4 is 45.2 Å². The maximum Gasteiger partial charge on any atom is 0.337 e. The van der Waals surface area contributed by atoms with E-state index in [1.165, 1.54) is 6.92 Å². The molecule has 1 aromatic carbocycles. The summed E-state index contributed by atoms with van der Waals surface area (Å²) in [5, 5.41) is 15.5. The number of nitrogens with zero attached hydrogens (tertiary/aromatic N) is 2. The second kappa shape index (κ2) is 5.51. The minimum absolute atomic E-state index is 0.154. The molecule has 1 aromatic heterocycles. The van der Waals surface area contributed by atoms with Crippen LogP contribution in [-0.4, -0.2) is 29.7 Å². The van der Waals surface area contributed by atoms with Crippen LogP contribution in [0.25, 0.3) is 0 Å². The monoisotopic (exact) mass is 351 g/mol. The summed E-state index contributed by atoms with van der Waals surface area (Å²) >= 11 is 11.5. The number of halogens is 2. The molecule has 112 valence electrons. The van der Waals surface area contributed by atoms with Gasteiger partial charge in [0.2, 0.25) is 5.89 Å². The molecule has 21 heavy (non-hydrogen) atoms. The van der Waals surface area contributed by atoms with Crippen LogP contribution in [0.15, 0.2) is 21.4 Å². The van der Waals surface area contributed by atoms with Gasteiger partial charge in [0.05, 0.1) is 15.6 Å². The summed E-state index contributed by atoms with van der Waals surface area (Å²) in [6, 6.07) is 1.51. The standard InChI is InChI=1S/C10H7Cl2N3O5S/c1-4-13-14-10(20-4)15-21(18,19)8-2-5(9(16)17)6(11)3-7(8)12/h2-3H,1H3,(H,14,15)(H,16,17). The zero-order chi connectivity index (χ0) is 15.8. The summed E-state index contributed by atoms with van der Waals surface area (Å²) in [6.45, 7) is 1.47. The fourth-order valence-corrected chi connectivity index (χ4v) is 3.19. The molecule has 1 heterocycles. The molecule has 2 rings (SSSR count). The van der Waals surface area contributed by atoms with Crippen molar-refractivity contribution < 1.29 is 22.7 Å². The third-order valence-corrected chi connectivity index (χ3v) is 4.39. The number of aromatic carboxylic acids is 1. The Hall–Kier alpha value is -1.84. The number of nitrogens with one attached hydrogen (secondary N) is 1. The minimum atomic E-state index is -4.20. The van der Waals surface area contributed by atoms with E-state index in [0.717, 1.165) is 12.1 Å². The van der Waals surface area contributed by atoms with Crippen LogP contribution in [0.1, 0.15) is 16.2 Å². The maximum atomic E-state index is 12.2.